The first-order valence-corrected chi connectivity index (χ1v) is 13.1. The summed E-state index contributed by atoms with van der Waals surface area (Å²) in [5.74, 6) is -1.87. The average molecular weight is 508 g/mol. The fourth-order valence-corrected chi connectivity index (χ4v) is 6.39. The Kier molecular flexibility index (Phi) is 6.11. The lowest BCUT2D eigenvalue weighted by molar-refractivity contribution is -0.446. The number of carbonyl (C=O) groups excluding carboxylic acids is 2. The molecule has 6 unspecified atom stereocenters. The van der Waals surface area contributed by atoms with Gasteiger partial charge in [-0.2, -0.15) is 0 Å². The van der Waals surface area contributed by atoms with Gasteiger partial charge in [-0.1, -0.05) is 65.9 Å². The number of ether oxygens (including phenoxy) is 3. The van der Waals surface area contributed by atoms with Gasteiger partial charge in [-0.05, 0) is 51.2 Å². The monoisotopic (exact) mass is 507 g/mol. The van der Waals surface area contributed by atoms with Crippen molar-refractivity contribution in [2.24, 2.45) is 5.92 Å². The normalized spacial score (nSPS) is 32.7. The van der Waals surface area contributed by atoms with E-state index < -0.39 is 48.0 Å². The Morgan fingerprint density at radius 3 is 2.27 bits per heavy atom. The van der Waals surface area contributed by atoms with Gasteiger partial charge in [0, 0.05) is 11.8 Å². The molecule has 1 saturated carbocycles. The van der Waals surface area contributed by atoms with Crippen molar-refractivity contribution in [3.63, 3.8) is 0 Å². The third-order valence-electron chi connectivity index (χ3n) is 7.84. The van der Waals surface area contributed by atoms with E-state index >= 15 is 0 Å². The Labute approximate surface area is 216 Å². The van der Waals surface area contributed by atoms with E-state index in [-0.39, 0.29) is 11.5 Å². The lowest BCUT2D eigenvalue weighted by Gasteiger charge is -2.41. The predicted molar refractivity (Wildman–Crippen MR) is 132 cm³/mol. The van der Waals surface area contributed by atoms with Gasteiger partial charge in [0.05, 0.1) is 6.10 Å². The van der Waals surface area contributed by atoms with Crippen LogP contribution in [0.4, 0.5) is 0 Å². The molecule has 196 valence electrons. The minimum atomic E-state index is -1.11. The number of hydrogen-bond donors (Lipinski definition) is 0. The lowest BCUT2D eigenvalue weighted by atomic mass is 9.71. The van der Waals surface area contributed by atoms with Crippen LogP contribution >= 0.6 is 0 Å². The zero-order valence-electron chi connectivity index (χ0n) is 21.4. The topological polar surface area (TPSA) is 83.5 Å². The van der Waals surface area contributed by atoms with Crippen molar-refractivity contribution < 1.29 is 33.5 Å². The van der Waals surface area contributed by atoms with Gasteiger partial charge >= 0.3 is 11.9 Å². The third kappa shape index (κ3) is 4.26. The second-order valence-corrected chi connectivity index (χ2v) is 11.3. The number of hydrogen-bond acceptors (Lipinski definition) is 8. The van der Waals surface area contributed by atoms with E-state index in [2.05, 4.69) is 48.5 Å². The van der Waals surface area contributed by atoms with Crippen molar-refractivity contribution in [2.45, 2.75) is 88.1 Å². The highest BCUT2D eigenvalue weighted by molar-refractivity contribution is 5.86. The standard InChI is InChI=1S/C29H33NO7/c1-28(2,3)35-27(32)25-23-24-20(33-26(23)31)17-22(36-30(24)37-25)34-21-15-10-16-29(21,18-11-6-4-7-12-18)19-13-8-5-9-14-19/h4-9,11-14,20-25H,10,15-17H2,1-3H3. The van der Waals surface area contributed by atoms with Gasteiger partial charge < -0.3 is 14.2 Å². The molecule has 4 aliphatic rings. The number of nitrogens with zero attached hydrogens (tertiary/aromatic N) is 1. The summed E-state index contributed by atoms with van der Waals surface area (Å²) in [6.07, 6.45) is 0.725. The van der Waals surface area contributed by atoms with Crippen LogP contribution < -0.4 is 0 Å². The molecular formula is C29H33NO7. The zero-order chi connectivity index (χ0) is 25.8. The number of rotatable bonds is 5. The molecule has 6 rings (SSSR count). The van der Waals surface area contributed by atoms with Crippen molar-refractivity contribution >= 4 is 11.9 Å². The van der Waals surface area contributed by atoms with Crippen LogP contribution in [-0.4, -0.2) is 53.4 Å². The lowest BCUT2D eigenvalue weighted by Crippen LogP contribution is -2.50. The van der Waals surface area contributed by atoms with Crippen molar-refractivity contribution in [3.05, 3.63) is 71.8 Å². The summed E-state index contributed by atoms with van der Waals surface area (Å²) < 4.78 is 17.9. The van der Waals surface area contributed by atoms with E-state index in [0.717, 1.165) is 19.3 Å². The highest BCUT2D eigenvalue weighted by atomic mass is 17.0. The molecule has 1 aliphatic carbocycles. The van der Waals surface area contributed by atoms with Crippen LogP contribution in [-0.2, 0) is 38.9 Å². The van der Waals surface area contributed by atoms with Gasteiger partial charge in [-0.25, -0.2) is 9.63 Å². The van der Waals surface area contributed by atoms with Crippen molar-refractivity contribution in [2.75, 3.05) is 0 Å². The Morgan fingerprint density at radius 2 is 1.65 bits per heavy atom. The van der Waals surface area contributed by atoms with Crippen LogP contribution in [0.15, 0.2) is 60.7 Å². The second kappa shape index (κ2) is 9.20. The maximum atomic E-state index is 12.8. The summed E-state index contributed by atoms with van der Waals surface area (Å²) in [7, 11) is 0. The van der Waals surface area contributed by atoms with E-state index in [9.17, 15) is 9.59 Å². The minimum Gasteiger partial charge on any atom is -0.460 e. The Balaban J connectivity index is 1.25. The molecule has 3 saturated heterocycles. The summed E-state index contributed by atoms with van der Waals surface area (Å²) in [5.41, 5.74) is 1.36. The predicted octanol–water partition coefficient (Wildman–Crippen LogP) is 4.07. The van der Waals surface area contributed by atoms with Crippen molar-refractivity contribution in [1.82, 2.24) is 5.23 Å². The van der Waals surface area contributed by atoms with Crippen LogP contribution in [0.3, 0.4) is 0 Å². The van der Waals surface area contributed by atoms with Gasteiger partial charge in [-0.15, -0.1) is 0 Å². The number of carbonyl (C=O) groups is 2. The zero-order valence-corrected chi connectivity index (χ0v) is 21.4. The molecule has 8 nitrogen and oxygen atoms in total. The fourth-order valence-electron chi connectivity index (χ4n) is 6.39. The number of hydroxylamine groups is 2. The molecular weight excluding hydrogens is 474 g/mol. The molecule has 0 amide bonds. The molecule has 0 bridgehead atoms. The van der Waals surface area contributed by atoms with Gasteiger partial charge in [-0.3, -0.25) is 9.63 Å². The minimum absolute atomic E-state index is 0.156. The number of benzene rings is 2. The van der Waals surface area contributed by atoms with Gasteiger partial charge in [0.1, 0.15) is 23.7 Å². The largest absolute Gasteiger partial charge is 0.460 e. The smallest absolute Gasteiger partial charge is 0.339 e. The first kappa shape index (κ1) is 24.6. The molecule has 8 heteroatoms. The summed E-state index contributed by atoms with van der Waals surface area (Å²) >= 11 is 0. The maximum Gasteiger partial charge on any atom is 0.339 e. The van der Waals surface area contributed by atoms with Crippen LogP contribution in [0.25, 0.3) is 0 Å². The van der Waals surface area contributed by atoms with Crippen LogP contribution in [0.2, 0.25) is 0 Å². The van der Waals surface area contributed by atoms with E-state index in [1.165, 1.54) is 16.4 Å². The van der Waals surface area contributed by atoms with Gasteiger partial charge in [0.15, 0.2) is 12.4 Å². The highest BCUT2D eigenvalue weighted by Gasteiger charge is 2.64. The fraction of sp³-hybridized carbons (Fsp3) is 0.517. The molecule has 37 heavy (non-hydrogen) atoms. The SMILES string of the molecule is CC(C)(C)OC(=O)C1ON2OC(OC3CCCC3(c3ccccc3)c3ccccc3)CC3OC(=O)C1C32. The summed E-state index contributed by atoms with van der Waals surface area (Å²) in [6, 6.07) is 20.4. The third-order valence-corrected chi connectivity index (χ3v) is 7.84. The average Bonchev–Trinajstić information content (AvgIpc) is 3.56. The molecule has 4 fully saturated rings. The molecule has 0 aromatic heterocycles. The molecule has 3 heterocycles. The summed E-state index contributed by atoms with van der Waals surface area (Å²) in [6.45, 7) is 5.32. The van der Waals surface area contributed by atoms with Crippen molar-refractivity contribution in [1.29, 1.82) is 0 Å². The quantitative estimate of drug-likeness (QED) is 0.560. The van der Waals surface area contributed by atoms with Gasteiger partial charge in [0.2, 0.25) is 0 Å². The molecule has 2 aromatic carbocycles. The van der Waals surface area contributed by atoms with E-state index in [1.807, 2.05) is 12.1 Å². The van der Waals surface area contributed by atoms with E-state index in [4.69, 9.17) is 23.9 Å². The van der Waals surface area contributed by atoms with Gasteiger partial charge in [0.25, 0.3) is 0 Å². The Morgan fingerprint density at radius 1 is 1.00 bits per heavy atom. The van der Waals surface area contributed by atoms with E-state index in [0.29, 0.717) is 6.42 Å². The molecule has 0 N–H and O–H groups in total. The summed E-state index contributed by atoms with van der Waals surface area (Å²) in [5, 5.41) is 1.25. The maximum absolute atomic E-state index is 12.8. The molecule has 3 aliphatic heterocycles. The summed E-state index contributed by atoms with van der Waals surface area (Å²) in [4.78, 5) is 37.6. The van der Waals surface area contributed by atoms with Crippen LogP contribution in [0.5, 0.6) is 0 Å². The highest BCUT2D eigenvalue weighted by Crippen LogP contribution is 2.50. The van der Waals surface area contributed by atoms with Crippen molar-refractivity contribution in [3.8, 4) is 0 Å². The molecule has 0 spiro atoms. The first-order chi connectivity index (χ1) is 17.8. The first-order valence-electron chi connectivity index (χ1n) is 13.1. The molecule has 6 atom stereocenters. The van der Waals surface area contributed by atoms with E-state index in [1.54, 1.807) is 20.8 Å². The van der Waals surface area contributed by atoms with Crippen LogP contribution in [0, 0.1) is 5.92 Å². The van der Waals surface area contributed by atoms with Crippen LogP contribution in [0.1, 0.15) is 57.6 Å². The second-order valence-electron chi connectivity index (χ2n) is 11.3. The Bertz CT molecular complexity index is 1110. The molecule has 0 radical (unpaired) electrons. The number of esters is 2. The molecule has 2 aromatic rings. The Hall–Kier alpha value is -2.78.